The van der Waals surface area contributed by atoms with Gasteiger partial charge in [-0.15, -0.1) is 11.3 Å². The van der Waals surface area contributed by atoms with Gasteiger partial charge in [-0.25, -0.2) is 0 Å². The van der Waals surface area contributed by atoms with Gasteiger partial charge in [0.1, 0.15) is 11.5 Å². The summed E-state index contributed by atoms with van der Waals surface area (Å²) < 4.78 is 11.1. The fraction of sp³-hybridized carbons (Fsp3) is 0.417. The van der Waals surface area contributed by atoms with Crippen LogP contribution in [0.2, 0.25) is 0 Å². The number of carbonyl (C=O) groups is 2. The molecule has 7 nitrogen and oxygen atoms in total. The van der Waals surface area contributed by atoms with Crippen LogP contribution < -0.4 is 4.74 Å². The molecule has 0 radical (unpaired) electrons. The van der Waals surface area contributed by atoms with Crippen LogP contribution in [0.25, 0.3) is 5.76 Å². The number of aliphatic hydroxyl groups excluding tert-OH is 1. The van der Waals surface area contributed by atoms with E-state index < -0.39 is 17.7 Å². The van der Waals surface area contributed by atoms with Gasteiger partial charge < -0.3 is 19.5 Å². The highest BCUT2D eigenvalue weighted by Crippen LogP contribution is 2.41. The molecule has 3 heterocycles. The predicted molar refractivity (Wildman–Crippen MR) is 123 cm³/mol. The van der Waals surface area contributed by atoms with Gasteiger partial charge in [-0.05, 0) is 30.0 Å². The zero-order valence-electron chi connectivity index (χ0n) is 18.2. The summed E-state index contributed by atoms with van der Waals surface area (Å²) in [7, 11) is 0. The number of hydrogen-bond acceptors (Lipinski definition) is 7. The third kappa shape index (κ3) is 4.72. The molecule has 1 atom stereocenters. The number of benzene rings is 1. The SMILES string of the molecule is CCCOc1cccc(C(O)=C2C(=O)C(=O)N(CCN3CCOCC3)C2c2cccs2)c1. The second-order valence-corrected chi connectivity index (χ2v) is 8.82. The Balaban J connectivity index is 1.66. The van der Waals surface area contributed by atoms with Crippen LogP contribution in [0.3, 0.4) is 0 Å². The van der Waals surface area contributed by atoms with Crippen molar-refractivity contribution in [1.29, 1.82) is 0 Å². The molecular weight excluding hydrogens is 428 g/mol. The van der Waals surface area contributed by atoms with Gasteiger partial charge in [0.2, 0.25) is 0 Å². The summed E-state index contributed by atoms with van der Waals surface area (Å²) in [6.45, 7) is 6.58. The first-order chi connectivity index (χ1) is 15.6. The normalized spacial score (nSPS) is 21.3. The molecule has 1 aromatic heterocycles. The Hall–Kier alpha value is -2.68. The maximum atomic E-state index is 13.1. The highest BCUT2D eigenvalue weighted by atomic mass is 32.1. The summed E-state index contributed by atoms with van der Waals surface area (Å²) in [6, 6.07) is 10.2. The molecule has 1 unspecified atom stereocenters. The molecule has 2 fully saturated rings. The first-order valence-corrected chi connectivity index (χ1v) is 11.8. The number of likely N-dealkylation sites (tertiary alicyclic amines) is 1. The largest absolute Gasteiger partial charge is 0.507 e. The molecule has 2 aliphatic rings. The number of aliphatic hydroxyl groups is 1. The average molecular weight is 457 g/mol. The zero-order valence-corrected chi connectivity index (χ0v) is 19.0. The first-order valence-electron chi connectivity index (χ1n) is 10.9. The molecule has 0 saturated carbocycles. The number of thiophene rings is 1. The highest BCUT2D eigenvalue weighted by Gasteiger charge is 2.46. The Morgan fingerprint density at radius 3 is 2.72 bits per heavy atom. The number of ether oxygens (including phenoxy) is 2. The van der Waals surface area contributed by atoms with Gasteiger partial charge >= 0.3 is 0 Å². The molecule has 4 rings (SSSR count). The van der Waals surface area contributed by atoms with Crippen LogP contribution in [-0.4, -0.2) is 72.6 Å². The monoisotopic (exact) mass is 456 g/mol. The van der Waals surface area contributed by atoms with Crippen LogP contribution in [0.15, 0.2) is 47.4 Å². The minimum absolute atomic E-state index is 0.132. The number of nitrogens with zero attached hydrogens (tertiary/aromatic N) is 2. The molecular formula is C24H28N2O5S. The predicted octanol–water partition coefficient (Wildman–Crippen LogP) is 3.29. The Bertz CT molecular complexity index is 982. The van der Waals surface area contributed by atoms with E-state index >= 15 is 0 Å². The number of amides is 1. The van der Waals surface area contributed by atoms with Gasteiger partial charge in [0.05, 0.1) is 31.4 Å². The maximum Gasteiger partial charge on any atom is 0.295 e. The molecule has 2 aliphatic heterocycles. The molecule has 0 spiro atoms. The van der Waals surface area contributed by atoms with Gasteiger partial charge in [0.25, 0.3) is 11.7 Å². The summed E-state index contributed by atoms with van der Waals surface area (Å²) in [6.07, 6.45) is 0.864. The lowest BCUT2D eigenvalue weighted by Gasteiger charge is -2.30. The van der Waals surface area contributed by atoms with Crippen molar-refractivity contribution < 1.29 is 24.2 Å². The standard InChI is InChI=1S/C24H28N2O5S/c1-2-12-31-18-6-3-5-17(16-18)22(27)20-21(19-7-4-15-32-19)26(24(29)23(20)28)9-8-25-10-13-30-14-11-25/h3-7,15-16,21,27H,2,8-14H2,1H3. The van der Waals surface area contributed by atoms with Gasteiger partial charge in [-0.1, -0.05) is 25.1 Å². The summed E-state index contributed by atoms with van der Waals surface area (Å²) in [5.74, 6) is -0.776. The van der Waals surface area contributed by atoms with E-state index in [1.807, 2.05) is 30.5 Å². The van der Waals surface area contributed by atoms with Crippen LogP contribution in [0.1, 0.15) is 29.8 Å². The van der Waals surface area contributed by atoms with Gasteiger partial charge in [-0.2, -0.15) is 0 Å². The Morgan fingerprint density at radius 2 is 2.00 bits per heavy atom. The van der Waals surface area contributed by atoms with E-state index in [1.165, 1.54) is 11.3 Å². The van der Waals surface area contributed by atoms with Crippen LogP contribution in [0, 0.1) is 0 Å². The molecule has 2 saturated heterocycles. The Kier molecular flexibility index (Phi) is 7.24. The van der Waals surface area contributed by atoms with E-state index in [1.54, 1.807) is 23.1 Å². The van der Waals surface area contributed by atoms with E-state index in [9.17, 15) is 14.7 Å². The molecule has 0 bridgehead atoms. The molecule has 1 N–H and O–H groups in total. The molecule has 1 amide bonds. The molecule has 0 aliphatic carbocycles. The summed E-state index contributed by atoms with van der Waals surface area (Å²) in [5.41, 5.74) is 0.596. The summed E-state index contributed by atoms with van der Waals surface area (Å²) >= 11 is 1.47. The average Bonchev–Trinajstić information content (AvgIpc) is 3.44. The summed E-state index contributed by atoms with van der Waals surface area (Å²) in [4.78, 5) is 30.7. The maximum absolute atomic E-state index is 13.1. The third-order valence-electron chi connectivity index (χ3n) is 5.69. The lowest BCUT2D eigenvalue weighted by atomic mass is 9.99. The van der Waals surface area contributed by atoms with Crippen molar-refractivity contribution in [3.05, 3.63) is 57.8 Å². The Labute approximate surface area is 191 Å². The Morgan fingerprint density at radius 1 is 1.19 bits per heavy atom. The number of morpholine rings is 1. The van der Waals surface area contributed by atoms with E-state index in [2.05, 4.69) is 4.90 Å². The second-order valence-electron chi connectivity index (χ2n) is 7.84. The van der Waals surface area contributed by atoms with E-state index in [0.29, 0.717) is 44.2 Å². The molecule has 8 heteroatoms. The fourth-order valence-electron chi connectivity index (χ4n) is 4.04. The number of hydrogen-bond donors (Lipinski definition) is 1. The molecule has 32 heavy (non-hydrogen) atoms. The van der Waals surface area contributed by atoms with Gasteiger partial charge in [0, 0.05) is 36.6 Å². The van der Waals surface area contributed by atoms with Crippen LogP contribution in [0.5, 0.6) is 5.75 Å². The highest BCUT2D eigenvalue weighted by molar-refractivity contribution is 7.10. The van der Waals surface area contributed by atoms with Crippen molar-refractivity contribution in [1.82, 2.24) is 9.80 Å². The van der Waals surface area contributed by atoms with E-state index in [-0.39, 0.29) is 11.3 Å². The number of Topliss-reactive ketones (excluding diaryl/α,β-unsaturated/α-hetero) is 1. The van der Waals surface area contributed by atoms with Crippen LogP contribution >= 0.6 is 11.3 Å². The topological polar surface area (TPSA) is 79.3 Å². The minimum atomic E-state index is -0.650. The molecule has 1 aromatic carbocycles. The van der Waals surface area contributed by atoms with Crippen molar-refractivity contribution >= 4 is 28.8 Å². The quantitative estimate of drug-likeness (QED) is 0.373. The lowest BCUT2D eigenvalue weighted by Crippen LogP contribution is -2.42. The zero-order chi connectivity index (χ0) is 22.5. The number of rotatable bonds is 8. The van der Waals surface area contributed by atoms with Gasteiger partial charge in [0.15, 0.2) is 0 Å². The lowest BCUT2D eigenvalue weighted by molar-refractivity contribution is -0.140. The van der Waals surface area contributed by atoms with Crippen LogP contribution in [0.4, 0.5) is 0 Å². The number of carbonyl (C=O) groups excluding carboxylic acids is 2. The number of ketones is 1. The summed E-state index contributed by atoms with van der Waals surface area (Å²) in [5, 5.41) is 13.1. The molecule has 2 aromatic rings. The second kappa shape index (κ2) is 10.3. The van der Waals surface area contributed by atoms with Crippen molar-refractivity contribution in [2.24, 2.45) is 0 Å². The molecule has 170 valence electrons. The van der Waals surface area contributed by atoms with Crippen molar-refractivity contribution in [2.75, 3.05) is 46.0 Å². The van der Waals surface area contributed by atoms with E-state index in [0.717, 1.165) is 24.4 Å². The van der Waals surface area contributed by atoms with E-state index in [4.69, 9.17) is 9.47 Å². The van der Waals surface area contributed by atoms with Crippen molar-refractivity contribution in [3.8, 4) is 5.75 Å². The third-order valence-corrected chi connectivity index (χ3v) is 6.62. The fourth-order valence-corrected chi connectivity index (χ4v) is 4.88. The first kappa shape index (κ1) is 22.5. The van der Waals surface area contributed by atoms with Crippen molar-refractivity contribution in [3.63, 3.8) is 0 Å². The minimum Gasteiger partial charge on any atom is -0.507 e. The van der Waals surface area contributed by atoms with Crippen LogP contribution in [-0.2, 0) is 14.3 Å². The smallest absolute Gasteiger partial charge is 0.295 e. The van der Waals surface area contributed by atoms with Gasteiger partial charge in [-0.3, -0.25) is 14.5 Å². The van der Waals surface area contributed by atoms with Crippen molar-refractivity contribution in [2.45, 2.75) is 19.4 Å².